The fourth-order valence-electron chi connectivity index (χ4n) is 12.5. The molecule has 508 valence electrons. The van der Waals surface area contributed by atoms with E-state index in [1.165, 1.54) is 29.2 Å². The van der Waals surface area contributed by atoms with E-state index in [2.05, 4.69) is 49.0 Å². The van der Waals surface area contributed by atoms with Crippen LogP contribution >= 0.6 is 11.6 Å². The van der Waals surface area contributed by atoms with Gasteiger partial charge < -0.3 is 80.7 Å². The molecule has 0 radical (unpaired) electrons. The van der Waals surface area contributed by atoms with E-state index in [0.29, 0.717) is 38.7 Å². The number of alkyl carbamates (subject to hydrolysis) is 1. The number of primary amides is 1. The molecule has 2 aliphatic heterocycles. The number of esters is 4. The van der Waals surface area contributed by atoms with Crippen LogP contribution < -0.4 is 47.3 Å². The number of nitrogens with two attached hydrogens (primary N) is 1. The number of nitrogens with one attached hydrogen (secondary N) is 7. The van der Waals surface area contributed by atoms with Crippen LogP contribution in [0.25, 0.3) is 32.8 Å². The first-order chi connectivity index (χ1) is 46.6. The zero-order chi connectivity index (χ0) is 69.2. The minimum Gasteiger partial charge on any atom is -0.467 e. The summed E-state index contributed by atoms with van der Waals surface area (Å²) in [5, 5.41) is 18.7. The van der Waals surface area contributed by atoms with Crippen LogP contribution in [0.4, 0.5) is 26.7 Å². The van der Waals surface area contributed by atoms with Crippen LogP contribution in [0.15, 0.2) is 127 Å². The molecule has 1 aromatic heterocycles. The van der Waals surface area contributed by atoms with E-state index in [1.54, 1.807) is 48.5 Å². The third-order valence-electron chi connectivity index (χ3n) is 16.8. The fraction of sp³-hybridized carbons (Fsp3) is 0.343. The lowest BCUT2D eigenvalue weighted by Crippen LogP contribution is -2.64. The molecule has 97 heavy (non-hydrogen) atoms. The van der Waals surface area contributed by atoms with Gasteiger partial charge in [-0.05, 0) is 100 Å². The number of carbonyl (C=O) groups excluding carboxylic acids is 10. The van der Waals surface area contributed by atoms with E-state index in [1.807, 2.05) is 56.3 Å². The number of anilines is 3. The smallest absolute Gasteiger partial charge is 0.407 e. The molecule has 8 atom stereocenters. The number of benzene rings is 6. The second-order valence-electron chi connectivity index (χ2n) is 23.8. The Bertz CT molecular complexity index is 4120. The number of amides is 7. The van der Waals surface area contributed by atoms with Crippen molar-refractivity contribution >= 4 is 110 Å². The molecule has 1 saturated heterocycles. The predicted molar refractivity (Wildman–Crippen MR) is 357 cm³/mol. The summed E-state index contributed by atoms with van der Waals surface area (Å²) in [5.74, 6) is -6.11. The highest BCUT2D eigenvalue weighted by atomic mass is 35.5. The zero-order valence-electron chi connectivity index (χ0n) is 53.9. The minimum atomic E-state index is -1.73. The molecule has 27 heteroatoms. The zero-order valence-corrected chi connectivity index (χ0v) is 54.7. The van der Waals surface area contributed by atoms with Crippen LogP contribution in [0.5, 0.6) is 5.75 Å². The standard InChI is InChI=1S/C70H74ClN9O17/c1-36(2)58(73-28-29-75-70(90)92-35-51-47-16-9-7-14-45(47)46-15-8-10-17-48(46)51)65(86)79-53(20-13-27-74-69(72)89)64(85)76-43-23-21-40(22-24-43)63(84)77-44-25-26-52-41(30-44)31-54(78-52)66(87)80-34-42(33-71)57-50-19-12-11-18-49(50)56(32-55(57)80)96-68-62(95-39(5)83)60(94-38(4)82)59(93-37(3)81)61(97-68)67(88)91-6/h7-12,14-19,21-26,30-32,36,42,51,53,58-62,68,73,78H,13,20,27-29,33-35H2,1-6H3,(H,75,90)(H,76,85)(H,77,84)(H,79,86)(H3,72,74,89)/t42-,53+,58+,59+,60+,61+,62-,68?/m1/s1. The summed E-state index contributed by atoms with van der Waals surface area (Å²) in [6, 6.07) is 35.0. The predicted octanol–water partition coefficient (Wildman–Crippen LogP) is 7.65. The van der Waals surface area contributed by atoms with E-state index < -0.39 is 102 Å². The molecular weight excluding hydrogens is 1270 g/mol. The first-order valence-electron chi connectivity index (χ1n) is 31.5. The quantitative estimate of drug-likeness (QED) is 0.0118. The van der Waals surface area contributed by atoms with Crippen molar-refractivity contribution in [1.82, 2.24) is 26.3 Å². The highest BCUT2D eigenvalue weighted by molar-refractivity contribution is 6.19. The Balaban J connectivity index is 0.779. The van der Waals surface area contributed by atoms with Crippen LogP contribution in [0.1, 0.15) is 96.8 Å². The topological polar surface area (TPSA) is 353 Å². The normalized spacial score (nSPS) is 18.3. The molecule has 3 aliphatic rings. The van der Waals surface area contributed by atoms with Crippen molar-refractivity contribution in [2.24, 2.45) is 11.7 Å². The van der Waals surface area contributed by atoms with E-state index in [-0.39, 0.29) is 86.3 Å². The molecule has 1 aliphatic carbocycles. The largest absolute Gasteiger partial charge is 0.467 e. The molecule has 26 nitrogen and oxygen atoms in total. The van der Waals surface area contributed by atoms with Gasteiger partial charge in [0.15, 0.2) is 18.3 Å². The third kappa shape index (κ3) is 16.1. The van der Waals surface area contributed by atoms with Crippen LogP contribution in [0.3, 0.4) is 0 Å². The summed E-state index contributed by atoms with van der Waals surface area (Å²) in [7, 11) is 1.07. The van der Waals surface area contributed by atoms with Gasteiger partial charge >= 0.3 is 36.0 Å². The highest BCUT2D eigenvalue weighted by Crippen LogP contribution is 2.48. The van der Waals surface area contributed by atoms with Crippen molar-refractivity contribution in [2.75, 3.05) is 61.3 Å². The van der Waals surface area contributed by atoms with Gasteiger partial charge in [0.1, 0.15) is 24.1 Å². The Morgan fingerprint density at radius 3 is 1.99 bits per heavy atom. The number of halogens is 1. The lowest BCUT2D eigenvalue weighted by atomic mass is 9.95. The van der Waals surface area contributed by atoms with Crippen LogP contribution in [0.2, 0.25) is 0 Å². The van der Waals surface area contributed by atoms with Crippen molar-refractivity contribution in [3.8, 4) is 16.9 Å². The number of hydrogen-bond acceptors (Lipinski definition) is 18. The van der Waals surface area contributed by atoms with Crippen LogP contribution in [0, 0.1) is 5.92 Å². The Hall–Kier alpha value is -10.6. The fourth-order valence-corrected chi connectivity index (χ4v) is 12.7. The molecule has 7 amide bonds. The number of nitrogens with zero attached hydrogens (tertiary/aromatic N) is 1. The number of rotatable bonds is 25. The van der Waals surface area contributed by atoms with E-state index in [0.717, 1.165) is 55.7 Å². The highest BCUT2D eigenvalue weighted by Gasteiger charge is 2.56. The van der Waals surface area contributed by atoms with Crippen molar-refractivity contribution in [1.29, 1.82) is 0 Å². The molecule has 10 rings (SSSR count). The SMILES string of the molecule is COC(=O)[C@H]1OC(Oc2cc3c(c4ccccc24)[C@H](CCl)CN3C(=O)c2cc3cc(NC(=O)c4ccc(NC(=O)[C@H](CCCNC(N)=O)NC(=O)[C@@H](NCCNC(=O)OCC5c6ccccc6-c6ccccc65)C(C)C)cc4)ccc3[nH]2)[C@H](OC(C)=O)[C@@H](OC(C)=O)[C@@H]1OC(C)=O. The van der Waals surface area contributed by atoms with Crippen molar-refractivity contribution < 1.29 is 81.1 Å². The number of fused-ring (bicyclic) bond motifs is 7. The minimum absolute atomic E-state index is 0.0948. The molecule has 7 aromatic rings. The van der Waals surface area contributed by atoms with E-state index >= 15 is 0 Å². The van der Waals surface area contributed by atoms with Crippen molar-refractivity contribution in [2.45, 2.75) is 102 Å². The number of hydrogen-bond donors (Lipinski definition) is 8. The molecule has 0 saturated carbocycles. The second-order valence-corrected chi connectivity index (χ2v) is 24.1. The second kappa shape index (κ2) is 30.9. The summed E-state index contributed by atoms with van der Waals surface area (Å²) >= 11 is 6.64. The third-order valence-corrected chi connectivity index (χ3v) is 17.2. The van der Waals surface area contributed by atoms with Gasteiger partial charge in [0.05, 0.1) is 18.8 Å². The number of H-pyrrole nitrogens is 1. The number of urea groups is 1. The molecule has 0 spiro atoms. The maximum Gasteiger partial charge on any atom is 0.407 e. The Morgan fingerprint density at radius 2 is 1.34 bits per heavy atom. The van der Waals surface area contributed by atoms with Gasteiger partial charge in [-0.2, -0.15) is 0 Å². The Labute approximate surface area is 562 Å². The van der Waals surface area contributed by atoms with Crippen LogP contribution in [-0.4, -0.2) is 153 Å². The van der Waals surface area contributed by atoms with Crippen molar-refractivity contribution in [3.63, 3.8) is 0 Å². The average molecular weight is 1350 g/mol. The van der Waals surface area contributed by atoms with Gasteiger partial charge in [-0.3, -0.25) is 33.6 Å². The Morgan fingerprint density at radius 1 is 0.701 bits per heavy atom. The van der Waals surface area contributed by atoms with Gasteiger partial charge in [-0.15, -0.1) is 11.6 Å². The van der Waals surface area contributed by atoms with Gasteiger partial charge in [0, 0.05) is 104 Å². The summed E-state index contributed by atoms with van der Waals surface area (Å²) < 4.78 is 39.9. The summed E-state index contributed by atoms with van der Waals surface area (Å²) in [4.78, 5) is 136. The average Bonchev–Trinajstić information content (AvgIpc) is 1.66. The van der Waals surface area contributed by atoms with Gasteiger partial charge in [-0.25, -0.2) is 14.4 Å². The molecule has 0 bridgehead atoms. The van der Waals surface area contributed by atoms with Gasteiger partial charge in [0.2, 0.25) is 24.2 Å². The summed E-state index contributed by atoms with van der Waals surface area (Å²) in [6.07, 6.45) is -8.51. The summed E-state index contributed by atoms with van der Waals surface area (Å²) in [6.45, 7) is 7.68. The lowest BCUT2D eigenvalue weighted by Gasteiger charge is -2.43. The first-order valence-corrected chi connectivity index (χ1v) is 32.0. The molecule has 1 fully saturated rings. The van der Waals surface area contributed by atoms with Crippen LogP contribution in [-0.2, 0) is 57.2 Å². The van der Waals surface area contributed by atoms with Gasteiger partial charge in [-0.1, -0.05) is 86.6 Å². The molecule has 3 heterocycles. The van der Waals surface area contributed by atoms with Gasteiger partial charge in [0.25, 0.3) is 11.8 Å². The summed E-state index contributed by atoms with van der Waals surface area (Å²) in [5.41, 5.74) is 12.5. The lowest BCUT2D eigenvalue weighted by molar-refractivity contribution is -0.282. The first kappa shape index (κ1) is 69.3. The van der Waals surface area contributed by atoms with E-state index in [4.69, 9.17) is 50.5 Å². The molecule has 1 unspecified atom stereocenters. The molecular formula is C70H74ClN9O17. The number of methoxy groups -OCH3 is 1. The maximum atomic E-state index is 14.8. The molecule has 6 aromatic carbocycles. The van der Waals surface area contributed by atoms with E-state index in [9.17, 15) is 47.9 Å². The molecule has 9 N–H and O–H groups in total. The number of aromatic amines is 1. The maximum absolute atomic E-state index is 14.8. The Kier molecular flexibility index (Phi) is 22.1. The number of alkyl halides is 1. The van der Waals surface area contributed by atoms with Crippen molar-refractivity contribution in [3.05, 3.63) is 155 Å². The monoisotopic (exact) mass is 1350 g/mol. The number of ether oxygens (including phenoxy) is 7. The number of carbonyl (C=O) groups is 10. The number of aromatic nitrogens is 1.